The first-order valence-corrected chi connectivity index (χ1v) is 23.9. The summed E-state index contributed by atoms with van der Waals surface area (Å²) in [5.74, 6) is 0. The maximum absolute atomic E-state index is 7.77. The summed E-state index contributed by atoms with van der Waals surface area (Å²) in [5.41, 5.74) is 11.0. The van der Waals surface area contributed by atoms with Gasteiger partial charge >= 0.3 is 237 Å². The van der Waals surface area contributed by atoms with Crippen LogP contribution in [-0.4, -0.2) is 9.52 Å². The third-order valence-corrected chi connectivity index (χ3v) is 22.6. The maximum atomic E-state index is 7.77. The first kappa shape index (κ1) is 25.6. The van der Waals surface area contributed by atoms with Gasteiger partial charge in [0.25, 0.3) is 0 Å². The molecule has 1 aliphatic heterocycles. The van der Waals surface area contributed by atoms with Gasteiger partial charge in [-0.3, -0.25) is 0 Å². The average molecular weight is 619 g/mol. The number of aryl methyl sites for hydroxylation is 1. The van der Waals surface area contributed by atoms with E-state index in [0.29, 0.717) is 0 Å². The number of fused-ring (bicyclic) bond motifs is 4. The summed E-state index contributed by atoms with van der Waals surface area (Å²) < 4.78 is 1.45. The van der Waals surface area contributed by atoms with Crippen LogP contribution in [0, 0.1) is 0 Å². The molecule has 186 valence electrons. The van der Waals surface area contributed by atoms with Gasteiger partial charge in [0, 0.05) is 0 Å². The molecule has 4 aromatic rings. The van der Waals surface area contributed by atoms with Gasteiger partial charge in [0.15, 0.2) is 0 Å². The van der Waals surface area contributed by atoms with E-state index in [2.05, 4.69) is 105 Å². The van der Waals surface area contributed by atoms with Crippen LogP contribution in [0.25, 0.3) is 28.3 Å². The number of rotatable bonds is 7. The molecule has 0 amide bonds. The molecule has 0 bridgehead atoms. The van der Waals surface area contributed by atoms with Crippen LogP contribution in [-0.2, 0) is 24.3 Å². The van der Waals surface area contributed by atoms with Gasteiger partial charge in [-0.1, -0.05) is 0 Å². The zero-order valence-corrected chi connectivity index (χ0v) is 26.9. The predicted molar refractivity (Wildman–Crippen MR) is 163 cm³/mol. The number of allylic oxidation sites excluding steroid dienone is 1. The Kier molecular flexibility index (Phi) is 7.23. The number of benzene rings is 4. The summed E-state index contributed by atoms with van der Waals surface area (Å²) in [7, 11) is 15.0. The Labute approximate surface area is 235 Å². The molecule has 4 heteroatoms. The fourth-order valence-corrected chi connectivity index (χ4v) is 23.4. The summed E-state index contributed by atoms with van der Waals surface area (Å²) in [4.78, 5) is 0. The molecule has 4 aromatic carbocycles. The molecule has 1 heterocycles. The van der Waals surface area contributed by atoms with Crippen LogP contribution in [0.3, 0.4) is 0 Å². The minimum absolute atomic E-state index is 0.143. The first-order valence-electron chi connectivity index (χ1n) is 13.5. The number of hydrogen-bond donors (Lipinski definition) is 0. The van der Waals surface area contributed by atoms with Crippen molar-refractivity contribution in [3.05, 3.63) is 107 Å². The molecule has 1 aliphatic carbocycles. The van der Waals surface area contributed by atoms with E-state index in [1.165, 1.54) is 71.0 Å². The second-order valence-corrected chi connectivity index (χ2v) is 26.2. The first-order chi connectivity index (χ1) is 18.0. The third-order valence-electron chi connectivity index (χ3n) is 8.22. The van der Waals surface area contributed by atoms with E-state index in [1.54, 1.807) is 0 Å². The van der Waals surface area contributed by atoms with Gasteiger partial charge in [-0.15, -0.1) is 0 Å². The summed E-state index contributed by atoms with van der Waals surface area (Å²) in [6.07, 6.45) is 6.91. The van der Waals surface area contributed by atoms with Crippen molar-refractivity contribution in [3.8, 4) is 22.3 Å². The Hall–Kier alpha value is -1.70. The van der Waals surface area contributed by atoms with Crippen LogP contribution in [0.5, 0.6) is 0 Å². The summed E-state index contributed by atoms with van der Waals surface area (Å²) in [6, 6.07) is 31.3. The van der Waals surface area contributed by atoms with Crippen molar-refractivity contribution in [1.29, 1.82) is 0 Å². The van der Waals surface area contributed by atoms with E-state index in [-0.39, 0.29) is 3.63 Å². The predicted octanol–water partition coefficient (Wildman–Crippen LogP) is 7.43. The van der Waals surface area contributed by atoms with Gasteiger partial charge in [0.1, 0.15) is 0 Å². The topological polar surface area (TPSA) is 0 Å². The normalized spacial score (nSPS) is 16.4. The molecule has 0 saturated heterocycles. The van der Waals surface area contributed by atoms with Crippen LogP contribution >= 0.6 is 17.0 Å². The Bertz CT molecular complexity index is 1510. The fourth-order valence-electron chi connectivity index (χ4n) is 6.44. The summed E-state index contributed by atoms with van der Waals surface area (Å²) >= 11 is -3.91. The van der Waals surface area contributed by atoms with Gasteiger partial charge in [0.2, 0.25) is 0 Å². The Balaban J connectivity index is 1.51. The summed E-state index contributed by atoms with van der Waals surface area (Å²) in [6.45, 7) is 4.53. The Morgan fingerprint density at radius 1 is 0.811 bits per heavy atom. The second kappa shape index (κ2) is 10.5. The molecule has 2 aliphatic rings. The second-order valence-electron chi connectivity index (χ2n) is 10.4. The molecule has 0 saturated carbocycles. The van der Waals surface area contributed by atoms with E-state index in [0.717, 1.165) is 12.8 Å². The molecular weight excluding hydrogens is 587 g/mol. The molecule has 0 nitrogen and oxygen atoms in total. The zero-order valence-electron chi connectivity index (χ0n) is 21.5. The standard InChI is InChI=1S/C21H23.C12H9Si.2ClH.Zr/c1-3-5-9-18-12-13-19-14-16(4-2)15-20(19)21(18)17-10-7-6-8-11-17;1-3-7-11-9(5-1)10-6-2-4-8-12(10)13-11;;;/h6-8,10-15H,3-5,9H2,1-2H3;1-7H,13H2;2*1H;/q;;;;+2/p-2. The molecule has 6 rings (SSSR count). The van der Waals surface area contributed by atoms with Crippen LogP contribution in [0.2, 0.25) is 0 Å². The van der Waals surface area contributed by atoms with E-state index in [1.807, 2.05) is 0 Å². The van der Waals surface area contributed by atoms with Crippen molar-refractivity contribution in [3.63, 3.8) is 0 Å². The molecular formula is C33H32Cl2SiZr. The van der Waals surface area contributed by atoms with Gasteiger partial charge in [-0.05, 0) is 0 Å². The summed E-state index contributed by atoms with van der Waals surface area (Å²) in [5, 5.41) is 3.02. The molecule has 1 unspecified atom stereocenters. The Morgan fingerprint density at radius 2 is 1.57 bits per heavy atom. The molecule has 0 radical (unpaired) electrons. The Morgan fingerprint density at radius 3 is 2.35 bits per heavy atom. The van der Waals surface area contributed by atoms with Gasteiger partial charge < -0.3 is 0 Å². The minimum atomic E-state index is -3.91. The molecule has 0 spiro atoms. The van der Waals surface area contributed by atoms with Crippen LogP contribution < -0.4 is 13.6 Å². The van der Waals surface area contributed by atoms with E-state index in [4.69, 9.17) is 17.0 Å². The molecule has 0 fully saturated rings. The number of unbranched alkanes of at least 4 members (excludes halogenated alkanes) is 1. The van der Waals surface area contributed by atoms with Crippen molar-refractivity contribution < 1.29 is 17.9 Å². The van der Waals surface area contributed by atoms with Crippen molar-refractivity contribution >= 4 is 46.3 Å². The van der Waals surface area contributed by atoms with E-state index in [9.17, 15) is 0 Å². The monoisotopic (exact) mass is 616 g/mol. The van der Waals surface area contributed by atoms with Crippen molar-refractivity contribution in [2.75, 3.05) is 0 Å². The van der Waals surface area contributed by atoms with E-state index >= 15 is 0 Å². The van der Waals surface area contributed by atoms with Gasteiger partial charge in [-0.25, -0.2) is 0 Å². The van der Waals surface area contributed by atoms with Crippen LogP contribution in [0.15, 0.2) is 90.5 Å². The quantitative estimate of drug-likeness (QED) is 0.167. The fraction of sp³-hybridized carbons (Fsp3) is 0.212. The average Bonchev–Trinajstić information content (AvgIpc) is 3.50. The molecule has 0 aromatic heterocycles. The van der Waals surface area contributed by atoms with Crippen LogP contribution in [0.4, 0.5) is 0 Å². The molecule has 0 N–H and O–H groups in total. The SMILES string of the molecule is CCCCc1ccc2c(c1-c1ccccc1)C=C(CC)[CH]2[Zr]([Cl])([Cl])[c]1cccc2c1[SiH2]c1ccccc1-2. The third kappa shape index (κ3) is 4.39. The number of hydrogen-bond acceptors (Lipinski definition) is 0. The van der Waals surface area contributed by atoms with Crippen molar-refractivity contribution in [1.82, 2.24) is 0 Å². The van der Waals surface area contributed by atoms with Crippen molar-refractivity contribution in [2.24, 2.45) is 0 Å². The molecule has 37 heavy (non-hydrogen) atoms. The van der Waals surface area contributed by atoms with E-state index < -0.39 is 27.4 Å². The van der Waals surface area contributed by atoms with Gasteiger partial charge in [-0.2, -0.15) is 0 Å². The number of halogens is 2. The van der Waals surface area contributed by atoms with Gasteiger partial charge in [0.05, 0.1) is 0 Å². The zero-order chi connectivity index (χ0) is 25.6. The molecule has 1 atom stereocenters. The van der Waals surface area contributed by atoms with Crippen molar-refractivity contribution in [2.45, 2.75) is 43.2 Å². The van der Waals surface area contributed by atoms with Crippen LogP contribution in [0.1, 0.15) is 53.4 Å².